The van der Waals surface area contributed by atoms with Crippen LogP contribution in [-0.2, 0) is 17.8 Å². The minimum Gasteiger partial charge on any atom is -0.384 e. The molecule has 1 aromatic carbocycles. The van der Waals surface area contributed by atoms with Crippen LogP contribution in [0.5, 0.6) is 0 Å². The first-order chi connectivity index (χ1) is 11.7. The third kappa shape index (κ3) is 4.05. The summed E-state index contributed by atoms with van der Waals surface area (Å²) >= 11 is 0. The number of aromatic nitrogens is 2. The van der Waals surface area contributed by atoms with Crippen LogP contribution in [0.15, 0.2) is 30.3 Å². The lowest BCUT2D eigenvalue weighted by molar-refractivity contribution is 0.0872. The molecule has 1 aliphatic heterocycles. The fraction of sp³-hybridized carbons (Fsp3) is 0.550. The third-order valence-corrected chi connectivity index (χ3v) is 5.09. The van der Waals surface area contributed by atoms with Gasteiger partial charge in [0.15, 0.2) is 0 Å². The summed E-state index contributed by atoms with van der Waals surface area (Å²) in [7, 11) is 1.81. The summed E-state index contributed by atoms with van der Waals surface area (Å²) in [5, 5.41) is 4.79. The molecule has 3 rings (SSSR count). The van der Waals surface area contributed by atoms with Crippen LogP contribution in [0, 0.1) is 19.8 Å². The van der Waals surface area contributed by atoms with Gasteiger partial charge in [-0.1, -0.05) is 30.3 Å². The van der Waals surface area contributed by atoms with Crippen molar-refractivity contribution in [3.63, 3.8) is 0 Å². The molecule has 1 aromatic heterocycles. The summed E-state index contributed by atoms with van der Waals surface area (Å²) in [6, 6.07) is 10.6. The van der Waals surface area contributed by atoms with E-state index in [2.05, 4.69) is 53.8 Å². The SMILES string of the molecule is COCC1CCCN(Cc2c(C)nn(Cc3ccccc3)c2C)C1. The van der Waals surface area contributed by atoms with Gasteiger partial charge in [-0.25, -0.2) is 0 Å². The van der Waals surface area contributed by atoms with Crippen LogP contribution in [0.1, 0.15) is 35.4 Å². The molecular formula is C20H29N3O. The number of nitrogens with zero attached hydrogens (tertiary/aromatic N) is 3. The molecule has 0 bridgehead atoms. The average molecular weight is 327 g/mol. The number of piperidine rings is 1. The summed E-state index contributed by atoms with van der Waals surface area (Å²) in [6.45, 7) is 9.39. The van der Waals surface area contributed by atoms with E-state index in [0.717, 1.165) is 31.9 Å². The molecule has 4 nitrogen and oxygen atoms in total. The van der Waals surface area contributed by atoms with Crippen molar-refractivity contribution in [2.45, 2.75) is 39.8 Å². The van der Waals surface area contributed by atoms with E-state index in [1.165, 1.54) is 36.2 Å². The van der Waals surface area contributed by atoms with Crippen molar-refractivity contribution in [1.82, 2.24) is 14.7 Å². The first kappa shape index (κ1) is 17.2. The van der Waals surface area contributed by atoms with Crippen molar-refractivity contribution in [2.24, 2.45) is 5.92 Å². The van der Waals surface area contributed by atoms with Gasteiger partial charge in [0.25, 0.3) is 0 Å². The largest absolute Gasteiger partial charge is 0.384 e. The van der Waals surface area contributed by atoms with Crippen molar-refractivity contribution in [2.75, 3.05) is 26.8 Å². The fourth-order valence-electron chi connectivity index (χ4n) is 3.76. The maximum absolute atomic E-state index is 5.35. The lowest BCUT2D eigenvalue weighted by Gasteiger charge is -2.32. The zero-order valence-electron chi connectivity index (χ0n) is 15.2. The van der Waals surface area contributed by atoms with E-state index >= 15 is 0 Å². The highest BCUT2D eigenvalue weighted by Gasteiger charge is 2.22. The molecule has 130 valence electrons. The molecule has 0 spiro atoms. The number of benzene rings is 1. The number of hydrogen-bond donors (Lipinski definition) is 0. The van der Waals surface area contributed by atoms with Gasteiger partial charge < -0.3 is 4.74 Å². The molecule has 0 radical (unpaired) electrons. The average Bonchev–Trinajstić information content (AvgIpc) is 2.84. The van der Waals surface area contributed by atoms with Gasteiger partial charge >= 0.3 is 0 Å². The highest BCUT2D eigenvalue weighted by atomic mass is 16.5. The quantitative estimate of drug-likeness (QED) is 0.814. The Morgan fingerprint density at radius 2 is 1.96 bits per heavy atom. The predicted octanol–water partition coefficient (Wildman–Crippen LogP) is 3.41. The van der Waals surface area contributed by atoms with E-state index in [1.54, 1.807) is 7.11 Å². The highest BCUT2D eigenvalue weighted by Crippen LogP contribution is 2.22. The minimum absolute atomic E-state index is 0.670. The zero-order chi connectivity index (χ0) is 16.9. The summed E-state index contributed by atoms with van der Waals surface area (Å²) in [4.78, 5) is 2.57. The monoisotopic (exact) mass is 327 g/mol. The van der Waals surface area contributed by atoms with Crippen molar-refractivity contribution in [3.8, 4) is 0 Å². The van der Waals surface area contributed by atoms with Crippen LogP contribution >= 0.6 is 0 Å². The first-order valence-electron chi connectivity index (χ1n) is 8.95. The molecule has 1 fully saturated rings. The Kier molecular flexibility index (Phi) is 5.69. The standard InChI is InChI=1S/C20H29N3O/c1-16-20(14-22-11-7-10-19(12-22)15-24-3)17(2)23(21-16)13-18-8-5-4-6-9-18/h4-6,8-9,19H,7,10-15H2,1-3H3. The summed E-state index contributed by atoms with van der Waals surface area (Å²) in [5.41, 5.74) is 5.15. The Morgan fingerprint density at radius 1 is 1.17 bits per heavy atom. The van der Waals surface area contributed by atoms with Crippen LogP contribution in [-0.4, -0.2) is 41.5 Å². The lowest BCUT2D eigenvalue weighted by atomic mass is 9.98. The zero-order valence-corrected chi connectivity index (χ0v) is 15.2. The highest BCUT2D eigenvalue weighted by molar-refractivity contribution is 5.26. The van der Waals surface area contributed by atoms with E-state index in [9.17, 15) is 0 Å². The second-order valence-electron chi connectivity index (χ2n) is 6.99. The topological polar surface area (TPSA) is 30.3 Å². The summed E-state index contributed by atoms with van der Waals surface area (Å²) in [6.07, 6.45) is 2.56. The van der Waals surface area contributed by atoms with Crippen molar-refractivity contribution in [3.05, 3.63) is 52.8 Å². The minimum atomic E-state index is 0.670. The Morgan fingerprint density at radius 3 is 2.71 bits per heavy atom. The normalized spacial score (nSPS) is 18.9. The van der Waals surface area contributed by atoms with Gasteiger partial charge in [0.1, 0.15) is 0 Å². The number of ether oxygens (including phenoxy) is 1. The first-order valence-corrected chi connectivity index (χ1v) is 8.95. The molecule has 0 aliphatic carbocycles. The molecule has 0 N–H and O–H groups in total. The maximum atomic E-state index is 5.35. The Bertz CT molecular complexity index is 648. The van der Waals surface area contributed by atoms with Gasteiger partial charge in [-0.3, -0.25) is 9.58 Å². The van der Waals surface area contributed by atoms with Crippen LogP contribution in [0.3, 0.4) is 0 Å². The summed E-state index contributed by atoms with van der Waals surface area (Å²) in [5.74, 6) is 0.670. The molecule has 0 saturated carbocycles. The van der Waals surface area contributed by atoms with Gasteiger partial charge in [0.05, 0.1) is 18.8 Å². The molecule has 2 aromatic rings. The number of rotatable bonds is 6. The van der Waals surface area contributed by atoms with E-state index < -0.39 is 0 Å². The molecule has 1 aliphatic rings. The van der Waals surface area contributed by atoms with Crippen molar-refractivity contribution >= 4 is 0 Å². The summed E-state index contributed by atoms with van der Waals surface area (Å²) < 4.78 is 7.50. The smallest absolute Gasteiger partial charge is 0.0662 e. The number of methoxy groups -OCH3 is 1. The van der Waals surface area contributed by atoms with Gasteiger partial charge in [0.2, 0.25) is 0 Å². The van der Waals surface area contributed by atoms with Gasteiger partial charge in [-0.15, -0.1) is 0 Å². The van der Waals surface area contributed by atoms with Crippen LogP contribution < -0.4 is 0 Å². The van der Waals surface area contributed by atoms with Gasteiger partial charge in [-0.2, -0.15) is 5.10 Å². The Labute approximate surface area is 145 Å². The third-order valence-electron chi connectivity index (χ3n) is 5.09. The van der Waals surface area contributed by atoms with E-state index in [0.29, 0.717) is 5.92 Å². The van der Waals surface area contributed by atoms with E-state index in [1.807, 2.05) is 0 Å². The molecule has 0 amide bonds. The van der Waals surface area contributed by atoms with Crippen molar-refractivity contribution < 1.29 is 4.74 Å². The molecular weight excluding hydrogens is 298 g/mol. The lowest BCUT2D eigenvalue weighted by Crippen LogP contribution is -2.36. The number of likely N-dealkylation sites (tertiary alicyclic amines) is 1. The van der Waals surface area contributed by atoms with Crippen molar-refractivity contribution in [1.29, 1.82) is 0 Å². The molecule has 2 heterocycles. The van der Waals surface area contributed by atoms with Crippen LogP contribution in [0.25, 0.3) is 0 Å². The second-order valence-corrected chi connectivity index (χ2v) is 6.99. The molecule has 4 heteroatoms. The Balaban J connectivity index is 1.70. The fourth-order valence-corrected chi connectivity index (χ4v) is 3.76. The van der Waals surface area contributed by atoms with Gasteiger partial charge in [0, 0.05) is 31.5 Å². The van der Waals surface area contributed by atoms with E-state index in [4.69, 9.17) is 9.84 Å². The predicted molar refractivity (Wildman–Crippen MR) is 97.1 cm³/mol. The van der Waals surface area contributed by atoms with Crippen LogP contribution in [0.4, 0.5) is 0 Å². The number of aryl methyl sites for hydroxylation is 1. The second kappa shape index (κ2) is 7.95. The van der Waals surface area contributed by atoms with Gasteiger partial charge in [-0.05, 0) is 44.7 Å². The Hall–Kier alpha value is -1.65. The maximum Gasteiger partial charge on any atom is 0.0662 e. The molecule has 1 unspecified atom stereocenters. The van der Waals surface area contributed by atoms with E-state index in [-0.39, 0.29) is 0 Å². The number of hydrogen-bond acceptors (Lipinski definition) is 3. The molecule has 1 atom stereocenters. The molecule has 1 saturated heterocycles. The molecule has 24 heavy (non-hydrogen) atoms. The van der Waals surface area contributed by atoms with Crippen LogP contribution in [0.2, 0.25) is 0 Å².